The maximum absolute atomic E-state index is 6.06. The van der Waals surface area contributed by atoms with Gasteiger partial charge in [-0.05, 0) is 25.0 Å². The number of pyridine rings is 1. The maximum atomic E-state index is 6.06. The van der Waals surface area contributed by atoms with Gasteiger partial charge in [-0.3, -0.25) is 14.8 Å². The van der Waals surface area contributed by atoms with Gasteiger partial charge in [-0.15, -0.1) is 11.3 Å². The van der Waals surface area contributed by atoms with Gasteiger partial charge in [0.2, 0.25) is 0 Å². The van der Waals surface area contributed by atoms with Crippen LogP contribution in [0.2, 0.25) is 0 Å². The van der Waals surface area contributed by atoms with Gasteiger partial charge in [0.15, 0.2) is 0 Å². The fourth-order valence-electron chi connectivity index (χ4n) is 3.75. The number of thiazole rings is 1. The first-order chi connectivity index (χ1) is 11.8. The van der Waals surface area contributed by atoms with Crippen molar-refractivity contribution in [3.63, 3.8) is 0 Å². The van der Waals surface area contributed by atoms with Crippen LogP contribution in [0.1, 0.15) is 22.6 Å². The van der Waals surface area contributed by atoms with Crippen LogP contribution in [0.4, 0.5) is 0 Å². The van der Waals surface area contributed by atoms with Gasteiger partial charge in [-0.1, -0.05) is 6.07 Å². The van der Waals surface area contributed by atoms with E-state index in [0.717, 1.165) is 45.8 Å². The molecule has 0 N–H and O–H groups in total. The number of aromatic nitrogens is 2. The number of ether oxygens (including phenoxy) is 1. The number of aryl methyl sites for hydroxylation is 1. The molecule has 2 fully saturated rings. The van der Waals surface area contributed by atoms with Crippen LogP contribution in [-0.4, -0.2) is 58.2 Å². The average molecular weight is 344 g/mol. The molecule has 0 bridgehead atoms. The lowest BCUT2D eigenvalue weighted by atomic mass is 9.98. The number of morpholine rings is 1. The summed E-state index contributed by atoms with van der Waals surface area (Å²) in [6, 6.07) is 4.66. The van der Waals surface area contributed by atoms with Gasteiger partial charge in [-0.25, -0.2) is 4.98 Å². The lowest BCUT2D eigenvalue weighted by Crippen LogP contribution is -2.59. The molecule has 0 unspecified atom stereocenters. The lowest BCUT2D eigenvalue weighted by molar-refractivity contribution is -0.107. The standard InChI is InChI=1S/C18H24N4OS/c1-14-18(24-13-20-14)12-21-6-4-17-16(11-21)22(7-8-23-17)10-15-3-2-5-19-9-15/h2-3,5,9,13,16-17H,4,6-8,10-12H2,1H3/t16-,17-/m0/s1. The SMILES string of the molecule is Cc1ncsc1CN1CC[C@@H]2OCCN(Cc3cccnc3)[C@H]2C1. The Balaban J connectivity index is 1.44. The summed E-state index contributed by atoms with van der Waals surface area (Å²) in [4.78, 5) is 15.2. The molecule has 6 heteroatoms. The summed E-state index contributed by atoms with van der Waals surface area (Å²) < 4.78 is 6.06. The average Bonchev–Trinajstić information content (AvgIpc) is 3.01. The first-order valence-corrected chi connectivity index (χ1v) is 9.53. The summed E-state index contributed by atoms with van der Waals surface area (Å²) in [6.07, 6.45) is 5.30. The van der Waals surface area contributed by atoms with Gasteiger partial charge < -0.3 is 4.74 Å². The summed E-state index contributed by atoms with van der Waals surface area (Å²) in [5.41, 5.74) is 4.42. The molecule has 0 saturated carbocycles. The molecule has 4 rings (SSSR count). The molecule has 2 aliphatic heterocycles. The largest absolute Gasteiger partial charge is 0.375 e. The van der Waals surface area contributed by atoms with Crippen molar-refractivity contribution in [1.82, 2.24) is 19.8 Å². The first kappa shape index (κ1) is 16.1. The zero-order valence-electron chi connectivity index (χ0n) is 14.1. The number of piperidine rings is 1. The Bertz CT molecular complexity index is 662. The minimum atomic E-state index is 0.370. The van der Waals surface area contributed by atoms with E-state index in [4.69, 9.17) is 4.74 Å². The number of nitrogens with zero attached hydrogens (tertiary/aromatic N) is 4. The van der Waals surface area contributed by atoms with Gasteiger partial charge in [0.25, 0.3) is 0 Å². The second kappa shape index (κ2) is 7.27. The van der Waals surface area contributed by atoms with E-state index >= 15 is 0 Å². The zero-order chi connectivity index (χ0) is 16.4. The van der Waals surface area contributed by atoms with E-state index in [2.05, 4.69) is 32.8 Å². The number of fused-ring (bicyclic) bond motifs is 1. The molecule has 2 atom stereocenters. The normalized spacial score (nSPS) is 25.5. The van der Waals surface area contributed by atoms with Crippen molar-refractivity contribution >= 4 is 11.3 Å². The van der Waals surface area contributed by atoms with Crippen LogP contribution >= 0.6 is 11.3 Å². The van der Waals surface area contributed by atoms with E-state index in [0.29, 0.717) is 12.1 Å². The Kier molecular flexibility index (Phi) is 4.89. The molecule has 4 heterocycles. The number of hydrogen-bond acceptors (Lipinski definition) is 6. The van der Waals surface area contributed by atoms with Crippen molar-refractivity contribution in [1.29, 1.82) is 0 Å². The van der Waals surface area contributed by atoms with Gasteiger partial charge in [0, 0.05) is 56.0 Å². The Morgan fingerprint density at radius 3 is 3.08 bits per heavy atom. The van der Waals surface area contributed by atoms with Crippen molar-refractivity contribution in [2.24, 2.45) is 0 Å². The van der Waals surface area contributed by atoms with Crippen LogP contribution < -0.4 is 0 Å². The third kappa shape index (κ3) is 3.52. The van der Waals surface area contributed by atoms with Crippen LogP contribution in [0, 0.1) is 6.92 Å². The molecule has 0 radical (unpaired) electrons. The lowest BCUT2D eigenvalue weighted by Gasteiger charge is -2.47. The third-order valence-corrected chi connectivity index (χ3v) is 6.02. The van der Waals surface area contributed by atoms with Gasteiger partial charge in [0.05, 0.1) is 23.9 Å². The molecule has 0 spiro atoms. The second-order valence-corrected chi connectivity index (χ2v) is 7.63. The summed E-state index contributed by atoms with van der Waals surface area (Å²) in [6.45, 7) is 8.11. The predicted octanol–water partition coefficient (Wildman–Crippen LogP) is 2.32. The van der Waals surface area contributed by atoms with Crippen LogP contribution in [0.3, 0.4) is 0 Å². The number of likely N-dealkylation sites (tertiary alicyclic amines) is 1. The van der Waals surface area contributed by atoms with Crippen molar-refractivity contribution in [3.05, 3.63) is 46.2 Å². The Morgan fingerprint density at radius 1 is 1.33 bits per heavy atom. The van der Waals surface area contributed by atoms with E-state index in [1.165, 1.54) is 16.1 Å². The van der Waals surface area contributed by atoms with Crippen molar-refractivity contribution in [2.45, 2.75) is 38.6 Å². The highest BCUT2D eigenvalue weighted by Gasteiger charge is 2.37. The fraction of sp³-hybridized carbons (Fsp3) is 0.556. The van der Waals surface area contributed by atoms with Gasteiger partial charge in [-0.2, -0.15) is 0 Å². The monoisotopic (exact) mass is 344 g/mol. The van der Waals surface area contributed by atoms with Crippen LogP contribution in [0.25, 0.3) is 0 Å². The van der Waals surface area contributed by atoms with Crippen molar-refractivity contribution in [3.8, 4) is 0 Å². The summed E-state index contributed by atoms with van der Waals surface area (Å²) >= 11 is 1.77. The van der Waals surface area contributed by atoms with Gasteiger partial charge >= 0.3 is 0 Å². The van der Waals surface area contributed by atoms with E-state index < -0.39 is 0 Å². The molecule has 128 valence electrons. The van der Waals surface area contributed by atoms with E-state index in [1.807, 2.05) is 24.0 Å². The molecule has 0 aromatic carbocycles. The predicted molar refractivity (Wildman–Crippen MR) is 94.9 cm³/mol. The molecule has 0 aliphatic carbocycles. The van der Waals surface area contributed by atoms with Crippen LogP contribution in [0.5, 0.6) is 0 Å². The summed E-state index contributed by atoms with van der Waals surface area (Å²) in [5, 5.41) is 0. The fourth-order valence-corrected chi connectivity index (χ4v) is 4.57. The molecule has 2 aliphatic rings. The first-order valence-electron chi connectivity index (χ1n) is 8.65. The molecule has 2 saturated heterocycles. The topological polar surface area (TPSA) is 41.5 Å². The molecule has 5 nitrogen and oxygen atoms in total. The number of rotatable bonds is 4. The Morgan fingerprint density at radius 2 is 2.29 bits per heavy atom. The molecule has 2 aromatic rings. The van der Waals surface area contributed by atoms with Crippen molar-refractivity contribution in [2.75, 3.05) is 26.2 Å². The Labute approximate surface area is 147 Å². The highest BCUT2D eigenvalue weighted by molar-refractivity contribution is 7.09. The maximum Gasteiger partial charge on any atom is 0.0798 e. The smallest absolute Gasteiger partial charge is 0.0798 e. The highest BCUT2D eigenvalue weighted by Crippen LogP contribution is 2.26. The Hall–Kier alpha value is -1.34. The van der Waals surface area contributed by atoms with Gasteiger partial charge in [0.1, 0.15) is 0 Å². The molecule has 24 heavy (non-hydrogen) atoms. The van der Waals surface area contributed by atoms with Crippen LogP contribution in [0.15, 0.2) is 30.0 Å². The third-order valence-electron chi connectivity index (χ3n) is 5.10. The van der Waals surface area contributed by atoms with E-state index in [9.17, 15) is 0 Å². The summed E-state index contributed by atoms with van der Waals surface area (Å²) in [7, 11) is 0. The van der Waals surface area contributed by atoms with E-state index in [1.54, 1.807) is 11.3 Å². The molecular formula is C18H24N4OS. The highest BCUT2D eigenvalue weighted by atomic mass is 32.1. The van der Waals surface area contributed by atoms with Crippen LogP contribution in [-0.2, 0) is 17.8 Å². The summed E-state index contributed by atoms with van der Waals surface area (Å²) in [5.74, 6) is 0. The number of hydrogen-bond donors (Lipinski definition) is 0. The minimum absolute atomic E-state index is 0.370. The molecule has 2 aromatic heterocycles. The molecule has 0 amide bonds. The minimum Gasteiger partial charge on any atom is -0.375 e. The second-order valence-electron chi connectivity index (χ2n) is 6.69. The zero-order valence-corrected chi connectivity index (χ0v) is 14.9. The quantitative estimate of drug-likeness (QED) is 0.851. The van der Waals surface area contributed by atoms with Crippen molar-refractivity contribution < 1.29 is 4.74 Å². The molecular weight excluding hydrogens is 320 g/mol. The van der Waals surface area contributed by atoms with E-state index in [-0.39, 0.29) is 0 Å².